The molecular formula is C31H40FN3O4. The average molecular weight is 538 g/mol. The fraction of sp³-hybridized carbons (Fsp3) is 0.548. The maximum absolute atomic E-state index is 15.8. The lowest BCUT2D eigenvalue weighted by molar-refractivity contribution is 0.0694. The molecule has 210 valence electrons. The van der Waals surface area contributed by atoms with E-state index < -0.39 is 17.2 Å². The quantitative estimate of drug-likeness (QED) is 0.409. The van der Waals surface area contributed by atoms with Crippen LogP contribution in [0.1, 0.15) is 75.7 Å². The van der Waals surface area contributed by atoms with Gasteiger partial charge in [-0.1, -0.05) is 23.3 Å². The number of pyridine rings is 1. The third kappa shape index (κ3) is 5.49. The normalized spacial score (nSPS) is 21.8. The highest BCUT2D eigenvalue weighted by Gasteiger charge is 2.41. The number of carboxylic acid groups (broad SMARTS) is 1. The fourth-order valence-corrected chi connectivity index (χ4v) is 6.37. The van der Waals surface area contributed by atoms with Crippen LogP contribution < -0.4 is 15.1 Å². The Hall–Kier alpha value is -3.13. The molecular weight excluding hydrogens is 497 g/mol. The zero-order valence-corrected chi connectivity index (χ0v) is 23.5. The second-order valence-electron chi connectivity index (χ2n) is 11.7. The van der Waals surface area contributed by atoms with Crippen molar-refractivity contribution in [2.75, 3.05) is 38.2 Å². The number of fused-ring (bicyclic) bond motifs is 2. The lowest BCUT2D eigenvalue weighted by atomic mass is 9.92. The largest absolute Gasteiger partial charge is 0.492 e. The molecule has 1 saturated carbocycles. The number of nitrogens with zero attached hydrogens (tertiary/aromatic N) is 3. The first-order valence-corrected chi connectivity index (χ1v) is 14.2. The molecule has 2 aromatic rings. The number of halogens is 1. The number of carboxylic acids is 1. The van der Waals surface area contributed by atoms with Gasteiger partial charge in [0.15, 0.2) is 11.6 Å². The number of carbonyl (C=O) groups is 1. The van der Waals surface area contributed by atoms with Crippen molar-refractivity contribution in [1.82, 2.24) is 9.47 Å². The van der Waals surface area contributed by atoms with Crippen LogP contribution >= 0.6 is 0 Å². The van der Waals surface area contributed by atoms with E-state index in [1.807, 2.05) is 4.57 Å². The van der Waals surface area contributed by atoms with E-state index >= 15 is 4.39 Å². The summed E-state index contributed by atoms with van der Waals surface area (Å²) >= 11 is 0. The molecule has 0 spiro atoms. The van der Waals surface area contributed by atoms with Crippen molar-refractivity contribution in [3.05, 3.63) is 57.2 Å². The zero-order valence-electron chi connectivity index (χ0n) is 23.5. The molecule has 2 aliphatic heterocycles. The lowest BCUT2D eigenvalue weighted by Crippen LogP contribution is -2.45. The van der Waals surface area contributed by atoms with E-state index in [9.17, 15) is 14.7 Å². The van der Waals surface area contributed by atoms with Crippen LogP contribution in [0, 0.1) is 11.7 Å². The molecule has 3 fully saturated rings. The van der Waals surface area contributed by atoms with Crippen LogP contribution in [0.15, 0.2) is 40.4 Å². The molecule has 0 radical (unpaired) electrons. The van der Waals surface area contributed by atoms with Gasteiger partial charge >= 0.3 is 5.97 Å². The van der Waals surface area contributed by atoms with Gasteiger partial charge in [0.2, 0.25) is 5.43 Å². The summed E-state index contributed by atoms with van der Waals surface area (Å²) in [7, 11) is 1.50. The van der Waals surface area contributed by atoms with Crippen LogP contribution in [0.5, 0.6) is 5.75 Å². The monoisotopic (exact) mass is 537 g/mol. The maximum Gasteiger partial charge on any atom is 0.341 e. The van der Waals surface area contributed by atoms with Crippen molar-refractivity contribution in [1.29, 1.82) is 0 Å². The minimum atomic E-state index is -1.30. The molecule has 0 amide bonds. The standard InChI is InChI=1S/C31H40FN3O4/c1-19(2)7-5-8-20(3)12-14-33-13-6-9-21-16-34(18-26(21)33)28-25(32)15-23-27(30(28)39-4)35(22-10-11-22)17-24(29(23)36)31(37)38/h7,12,15,17,21-22,26H,5-6,8-11,13-14,16,18H2,1-4H3,(H,37,38)/b20-12+/t21-,26+/m0/s1. The van der Waals surface area contributed by atoms with Crippen molar-refractivity contribution in [3.63, 3.8) is 0 Å². The second-order valence-corrected chi connectivity index (χ2v) is 11.7. The van der Waals surface area contributed by atoms with Crippen molar-refractivity contribution in [2.45, 2.75) is 71.4 Å². The molecule has 1 aromatic heterocycles. The highest BCUT2D eigenvalue weighted by molar-refractivity contribution is 5.97. The maximum atomic E-state index is 15.8. The number of allylic oxidation sites excluding steroid dienone is 3. The molecule has 1 aliphatic carbocycles. The average Bonchev–Trinajstić information content (AvgIpc) is 3.64. The van der Waals surface area contributed by atoms with Gasteiger partial charge in [-0.3, -0.25) is 9.69 Å². The SMILES string of the molecule is COc1c(N2C[C@@H]3CCCN(C/C=C(\C)CCC=C(C)C)[C@@H]3C2)c(F)cc2c(=O)c(C(=O)O)cn(C3CC3)c12. The predicted octanol–water partition coefficient (Wildman–Crippen LogP) is 5.78. The Morgan fingerprint density at radius 3 is 2.62 bits per heavy atom. The number of anilines is 1. The Labute approximate surface area is 229 Å². The molecule has 1 aromatic carbocycles. The summed E-state index contributed by atoms with van der Waals surface area (Å²) in [4.78, 5) is 29.4. The number of methoxy groups -OCH3 is 1. The predicted molar refractivity (Wildman–Crippen MR) is 153 cm³/mol. The molecule has 0 unspecified atom stereocenters. The zero-order chi connectivity index (χ0) is 27.8. The number of ether oxygens (including phenoxy) is 1. The van der Waals surface area contributed by atoms with Gasteiger partial charge in [-0.2, -0.15) is 0 Å². The first kappa shape index (κ1) is 27.4. The Balaban J connectivity index is 1.46. The van der Waals surface area contributed by atoms with Crippen molar-refractivity contribution in [3.8, 4) is 5.75 Å². The van der Waals surface area contributed by atoms with Gasteiger partial charge < -0.3 is 19.3 Å². The highest BCUT2D eigenvalue weighted by atomic mass is 19.1. The molecule has 0 bridgehead atoms. The molecule has 8 heteroatoms. The van der Waals surface area contributed by atoms with Gasteiger partial charge in [0.05, 0.1) is 18.0 Å². The lowest BCUT2D eigenvalue weighted by Gasteiger charge is -2.36. The number of hydrogen-bond donors (Lipinski definition) is 1. The first-order valence-electron chi connectivity index (χ1n) is 14.2. The Kier molecular flexibility index (Phi) is 7.85. The highest BCUT2D eigenvalue weighted by Crippen LogP contribution is 2.45. The summed E-state index contributed by atoms with van der Waals surface area (Å²) in [6.45, 7) is 9.80. The van der Waals surface area contributed by atoms with E-state index in [0.717, 1.165) is 58.2 Å². The number of hydrogen-bond acceptors (Lipinski definition) is 5. The van der Waals surface area contributed by atoms with Crippen molar-refractivity contribution in [2.24, 2.45) is 5.92 Å². The molecule has 5 rings (SSSR count). The third-order valence-corrected chi connectivity index (χ3v) is 8.55. The molecule has 2 atom stereocenters. The van der Waals surface area contributed by atoms with E-state index in [4.69, 9.17) is 4.74 Å². The van der Waals surface area contributed by atoms with Gasteiger partial charge in [0.1, 0.15) is 11.3 Å². The Bertz CT molecular complexity index is 1390. The summed E-state index contributed by atoms with van der Waals surface area (Å²) in [5.74, 6) is -1.09. The van der Waals surface area contributed by atoms with Crippen LogP contribution in [0.25, 0.3) is 10.9 Å². The molecule has 1 N–H and O–H groups in total. The van der Waals surface area contributed by atoms with Gasteiger partial charge in [-0.15, -0.1) is 0 Å². The molecule has 7 nitrogen and oxygen atoms in total. The Morgan fingerprint density at radius 1 is 1.18 bits per heavy atom. The van der Waals surface area contributed by atoms with Gasteiger partial charge in [0, 0.05) is 37.9 Å². The summed E-state index contributed by atoms with van der Waals surface area (Å²) in [6.07, 6.45) is 12.1. The van der Waals surface area contributed by atoms with Crippen molar-refractivity contribution < 1.29 is 19.0 Å². The summed E-state index contributed by atoms with van der Waals surface area (Å²) < 4.78 is 23.5. The Morgan fingerprint density at radius 2 is 1.95 bits per heavy atom. The first-order chi connectivity index (χ1) is 18.7. The van der Waals surface area contributed by atoms with E-state index in [1.165, 1.54) is 30.5 Å². The number of rotatable bonds is 9. The molecule has 3 heterocycles. The van der Waals surface area contributed by atoms with E-state index in [1.54, 1.807) is 0 Å². The van der Waals surface area contributed by atoms with Crippen LogP contribution in [-0.4, -0.2) is 59.9 Å². The summed E-state index contributed by atoms with van der Waals surface area (Å²) in [6, 6.07) is 1.63. The van der Waals surface area contributed by atoms with E-state index in [2.05, 4.69) is 42.7 Å². The van der Waals surface area contributed by atoms with Crippen LogP contribution in [0.2, 0.25) is 0 Å². The van der Waals surface area contributed by atoms with Gasteiger partial charge in [-0.25, -0.2) is 9.18 Å². The second kappa shape index (κ2) is 11.2. The number of piperidine rings is 1. The number of aromatic carboxylic acids is 1. The van der Waals surface area contributed by atoms with E-state index in [0.29, 0.717) is 35.5 Å². The fourth-order valence-electron chi connectivity index (χ4n) is 6.37. The molecule has 3 aliphatic rings. The number of likely N-dealkylation sites (tertiary alicyclic amines) is 1. The minimum absolute atomic E-state index is 0.0619. The van der Waals surface area contributed by atoms with Gasteiger partial charge in [-0.05, 0) is 77.8 Å². The van der Waals surface area contributed by atoms with E-state index in [-0.39, 0.29) is 17.0 Å². The molecule has 2 saturated heterocycles. The van der Waals surface area contributed by atoms with Crippen molar-refractivity contribution >= 4 is 22.6 Å². The van der Waals surface area contributed by atoms with Gasteiger partial charge in [0.25, 0.3) is 0 Å². The number of aromatic nitrogens is 1. The topological polar surface area (TPSA) is 75.0 Å². The minimum Gasteiger partial charge on any atom is -0.492 e. The summed E-state index contributed by atoms with van der Waals surface area (Å²) in [5, 5.41) is 9.66. The number of benzene rings is 1. The molecule has 39 heavy (non-hydrogen) atoms. The van der Waals surface area contributed by atoms with Crippen LogP contribution in [0.4, 0.5) is 10.1 Å². The smallest absolute Gasteiger partial charge is 0.341 e. The van der Waals surface area contributed by atoms with Crippen LogP contribution in [0.3, 0.4) is 0 Å². The summed E-state index contributed by atoms with van der Waals surface area (Å²) in [5.41, 5.74) is 2.60. The van der Waals surface area contributed by atoms with Crippen LogP contribution in [-0.2, 0) is 0 Å². The third-order valence-electron chi connectivity index (χ3n) is 8.55.